The first-order chi connectivity index (χ1) is 26.2. The lowest BCUT2D eigenvalue weighted by molar-refractivity contribution is 0.669. The molecule has 0 amide bonds. The fraction of sp³-hybridized carbons (Fsp3) is 0. The maximum absolute atomic E-state index is 6.38. The Balaban J connectivity index is 0.944. The van der Waals surface area contributed by atoms with Gasteiger partial charge in [-0.15, -0.1) is 0 Å². The Morgan fingerprint density at radius 3 is 1.58 bits per heavy atom. The maximum atomic E-state index is 6.38. The van der Waals surface area contributed by atoms with Gasteiger partial charge in [-0.3, -0.25) is 0 Å². The highest BCUT2D eigenvalue weighted by atomic mass is 16.3. The smallest absolute Gasteiger partial charge is 0.135 e. The van der Waals surface area contributed by atoms with Crippen molar-refractivity contribution in [1.82, 2.24) is 0 Å². The van der Waals surface area contributed by atoms with E-state index in [9.17, 15) is 0 Å². The first kappa shape index (κ1) is 28.7. The van der Waals surface area contributed by atoms with Crippen molar-refractivity contribution in [2.45, 2.75) is 0 Å². The fourth-order valence-electron chi connectivity index (χ4n) is 9.07. The molecule has 0 N–H and O–H groups in total. The third-order valence-electron chi connectivity index (χ3n) is 11.6. The lowest BCUT2D eigenvalue weighted by Crippen LogP contribution is -1.85. The number of rotatable bonds is 3. The molecular weight excluding hydrogens is 641 g/mol. The molecule has 0 spiro atoms. The van der Waals surface area contributed by atoms with Gasteiger partial charge >= 0.3 is 0 Å². The van der Waals surface area contributed by atoms with Gasteiger partial charge in [0.2, 0.25) is 0 Å². The van der Waals surface area contributed by atoms with Crippen LogP contribution in [0.2, 0.25) is 0 Å². The summed E-state index contributed by atoms with van der Waals surface area (Å²) in [7, 11) is 0. The van der Waals surface area contributed by atoms with Gasteiger partial charge in [0.1, 0.15) is 11.2 Å². The summed E-state index contributed by atoms with van der Waals surface area (Å²) in [6.45, 7) is 0. The number of benzene rings is 10. The zero-order chi connectivity index (χ0) is 34.6. The first-order valence-corrected chi connectivity index (χ1v) is 18.3. The van der Waals surface area contributed by atoms with Crippen molar-refractivity contribution in [3.63, 3.8) is 0 Å². The Kier molecular flexibility index (Phi) is 5.84. The van der Waals surface area contributed by atoms with Crippen LogP contribution < -0.4 is 0 Å². The van der Waals surface area contributed by atoms with Gasteiger partial charge in [-0.1, -0.05) is 140 Å². The number of fused-ring (bicyclic) bond motifs is 10. The van der Waals surface area contributed by atoms with E-state index in [1.54, 1.807) is 0 Å². The van der Waals surface area contributed by atoms with Crippen LogP contribution in [-0.4, -0.2) is 0 Å². The van der Waals surface area contributed by atoms with Crippen LogP contribution in [0.1, 0.15) is 0 Å². The van der Waals surface area contributed by atoms with Crippen LogP contribution in [0, 0.1) is 0 Å². The third kappa shape index (κ3) is 4.19. The van der Waals surface area contributed by atoms with Crippen molar-refractivity contribution in [1.29, 1.82) is 0 Å². The summed E-state index contributed by atoms with van der Waals surface area (Å²) in [5.74, 6) is 0. The summed E-state index contributed by atoms with van der Waals surface area (Å²) in [5, 5.41) is 12.5. The van der Waals surface area contributed by atoms with Gasteiger partial charge in [0, 0.05) is 10.8 Å². The van der Waals surface area contributed by atoms with Crippen LogP contribution >= 0.6 is 0 Å². The molecule has 1 heterocycles. The van der Waals surface area contributed by atoms with Crippen LogP contribution in [-0.2, 0) is 0 Å². The molecular formula is C52H30O. The van der Waals surface area contributed by atoms with Crippen molar-refractivity contribution in [3.8, 4) is 55.6 Å². The van der Waals surface area contributed by atoms with Crippen molar-refractivity contribution in [2.24, 2.45) is 0 Å². The van der Waals surface area contributed by atoms with E-state index in [1.807, 2.05) is 0 Å². The molecule has 11 aromatic rings. The average Bonchev–Trinajstić information content (AvgIpc) is 3.76. The van der Waals surface area contributed by atoms with Crippen molar-refractivity contribution in [2.75, 3.05) is 0 Å². The highest BCUT2D eigenvalue weighted by Crippen LogP contribution is 2.49. The van der Waals surface area contributed by atoms with Crippen LogP contribution in [0.3, 0.4) is 0 Å². The minimum Gasteiger partial charge on any atom is -0.456 e. The number of hydrogen-bond donors (Lipinski definition) is 0. The van der Waals surface area contributed by atoms with E-state index in [-0.39, 0.29) is 0 Å². The molecule has 10 aromatic carbocycles. The molecule has 1 aromatic heterocycles. The highest BCUT2D eigenvalue weighted by molar-refractivity contribution is 6.19. The summed E-state index contributed by atoms with van der Waals surface area (Å²) >= 11 is 0. The lowest BCUT2D eigenvalue weighted by atomic mass is 9.92. The molecule has 1 nitrogen and oxygen atoms in total. The summed E-state index contributed by atoms with van der Waals surface area (Å²) < 4.78 is 6.38. The SMILES string of the molecule is c1ccc2c(c1)-c1cccc3c(-c4ccc5cc(-c6ccc7oc8ccc(-c9cc%10ccccc%10c%10ccccc9%10)cc8c7c6)ccc5c4)ccc-2c13. The van der Waals surface area contributed by atoms with Gasteiger partial charge in [0.15, 0.2) is 0 Å². The molecule has 244 valence electrons. The van der Waals surface area contributed by atoms with Crippen molar-refractivity contribution in [3.05, 3.63) is 182 Å². The number of hydrogen-bond acceptors (Lipinski definition) is 1. The minimum atomic E-state index is 0.906. The lowest BCUT2D eigenvalue weighted by Gasteiger charge is -2.11. The average molecular weight is 671 g/mol. The van der Waals surface area contributed by atoms with E-state index in [0.717, 1.165) is 21.9 Å². The predicted molar refractivity (Wildman–Crippen MR) is 224 cm³/mol. The molecule has 12 rings (SSSR count). The largest absolute Gasteiger partial charge is 0.456 e. The van der Waals surface area contributed by atoms with Crippen molar-refractivity contribution < 1.29 is 4.42 Å². The van der Waals surface area contributed by atoms with Gasteiger partial charge in [-0.05, 0) is 141 Å². The van der Waals surface area contributed by atoms with Crippen LogP contribution in [0.25, 0.3) is 121 Å². The van der Waals surface area contributed by atoms with E-state index < -0.39 is 0 Å². The molecule has 0 aliphatic heterocycles. The highest BCUT2D eigenvalue weighted by Gasteiger charge is 2.22. The van der Waals surface area contributed by atoms with Crippen LogP contribution in [0.15, 0.2) is 186 Å². The second kappa shape index (κ2) is 10.8. The van der Waals surface area contributed by atoms with E-state index in [0.29, 0.717) is 0 Å². The van der Waals surface area contributed by atoms with Gasteiger partial charge in [-0.2, -0.15) is 0 Å². The molecule has 0 saturated heterocycles. The summed E-state index contributed by atoms with van der Waals surface area (Å²) in [6.07, 6.45) is 0. The minimum absolute atomic E-state index is 0.906. The third-order valence-corrected chi connectivity index (χ3v) is 11.6. The summed E-state index contributed by atoms with van der Waals surface area (Å²) in [5.41, 5.74) is 14.5. The van der Waals surface area contributed by atoms with E-state index in [2.05, 4.69) is 182 Å². The normalized spacial score (nSPS) is 12.2. The second-order valence-electron chi connectivity index (χ2n) is 14.4. The Bertz CT molecular complexity index is 3310. The molecule has 0 atom stereocenters. The summed E-state index contributed by atoms with van der Waals surface area (Å²) in [6, 6.07) is 66.8. The molecule has 53 heavy (non-hydrogen) atoms. The fourth-order valence-corrected chi connectivity index (χ4v) is 9.07. The predicted octanol–water partition coefficient (Wildman–Crippen LogP) is 14.8. The maximum Gasteiger partial charge on any atom is 0.135 e. The topological polar surface area (TPSA) is 13.1 Å². The second-order valence-corrected chi connectivity index (χ2v) is 14.4. The van der Waals surface area contributed by atoms with Crippen LogP contribution in [0.4, 0.5) is 0 Å². The molecule has 0 radical (unpaired) electrons. The molecule has 0 saturated carbocycles. The van der Waals surface area contributed by atoms with Gasteiger partial charge in [0.05, 0.1) is 0 Å². The van der Waals surface area contributed by atoms with E-state index in [1.165, 1.54) is 98.7 Å². The van der Waals surface area contributed by atoms with Gasteiger partial charge in [-0.25, -0.2) is 0 Å². The van der Waals surface area contributed by atoms with E-state index in [4.69, 9.17) is 4.42 Å². The molecule has 1 heteroatoms. The zero-order valence-electron chi connectivity index (χ0n) is 28.7. The zero-order valence-corrected chi connectivity index (χ0v) is 28.7. The summed E-state index contributed by atoms with van der Waals surface area (Å²) in [4.78, 5) is 0. The molecule has 0 bridgehead atoms. The Morgan fingerprint density at radius 2 is 0.774 bits per heavy atom. The molecule has 1 aliphatic carbocycles. The van der Waals surface area contributed by atoms with Crippen LogP contribution in [0.5, 0.6) is 0 Å². The molecule has 0 unspecified atom stereocenters. The van der Waals surface area contributed by atoms with Gasteiger partial charge in [0.25, 0.3) is 0 Å². The first-order valence-electron chi connectivity index (χ1n) is 18.3. The molecule has 1 aliphatic rings. The van der Waals surface area contributed by atoms with Gasteiger partial charge < -0.3 is 4.42 Å². The Morgan fingerprint density at radius 1 is 0.245 bits per heavy atom. The Hall–Kier alpha value is -6.96. The standard InChI is InChI=1S/C52H30O/c1-2-9-38-35(8-1)29-47(43-13-6-3-10-40(38)43)37-21-25-51-49(30-37)48-28-34(20-24-50(48)53-51)32-16-17-33-27-36(19-18-31(33)26-32)39-22-23-46-42-12-5-4-11-41(42)45-15-7-14-44(39)52(45)46/h1-30H. The van der Waals surface area contributed by atoms with E-state index >= 15 is 0 Å². The number of furan rings is 1. The molecule has 0 fully saturated rings. The van der Waals surface area contributed by atoms with Crippen molar-refractivity contribution >= 4 is 65.0 Å². The Labute approximate surface area is 306 Å². The monoisotopic (exact) mass is 670 g/mol. The quantitative estimate of drug-likeness (QED) is 0.171.